The number of ether oxygens (including phenoxy) is 1. The Morgan fingerprint density at radius 1 is 1.00 bits per heavy atom. The van der Waals surface area contributed by atoms with E-state index < -0.39 is 0 Å². The Bertz CT molecular complexity index is 774. The van der Waals surface area contributed by atoms with Gasteiger partial charge in [0.1, 0.15) is 6.26 Å². The molecule has 2 saturated heterocycles. The standard InChI is InChI=1S/C20H25N3O5/c24-19(16-4-11-26-15-16)23-9-12-27-17(14-23)13-21-5-2-6-22(8-7-21)20(25)18-3-1-10-28-18/h1,3-4,10-11,15,17H,2,5-9,12-14H2/t17-/m1/s1. The van der Waals surface area contributed by atoms with E-state index in [2.05, 4.69) is 4.90 Å². The van der Waals surface area contributed by atoms with E-state index in [1.807, 2.05) is 9.80 Å². The van der Waals surface area contributed by atoms with Crippen LogP contribution in [-0.4, -0.2) is 85.0 Å². The van der Waals surface area contributed by atoms with Gasteiger partial charge in [-0.05, 0) is 31.2 Å². The number of hydrogen-bond donors (Lipinski definition) is 0. The van der Waals surface area contributed by atoms with Crippen LogP contribution in [0.25, 0.3) is 0 Å². The van der Waals surface area contributed by atoms with Gasteiger partial charge < -0.3 is 23.4 Å². The summed E-state index contributed by atoms with van der Waals surface area (Å²) in [5.74, 6) is 0.309. The summed E-state index contributed by atoms with van der Waals surface area (Å²) in [6.07, 6.45) is 5.38. The normalized spacial score (nSPS) is 21.5. The Balaban J connectivity index is 1.29. The van der Waals surface area contributed by atoms with Crippen molar-refractivity contribution in [3.63, 3.8) is 0 Å². The number of morpholine rings is 1. The van der Waals surface area contributed by atoms with Crippen molar-refractivity contribution in [1.29, 1.82) is 0 Å². The molecule has 2 aromatic heterocycles. The number of hydrogen-bond acceptors (Lipinski definition) is 6. The molecule has 0 saturated carbocycles. The zero-order chi connectivity index (χ0) is 19.3. The van der Waals surface area contributed by atoms with Gasteiger partial charge in [0.25, 0.3) is 11.8 Å². The third-order valence-corrected chi connectivity index (χ3v) is 5.26. The van der Waals surface area contributed by atoms with E-state index in [-0.39, 0.29) is 17.9 Å². The van der Waals surface area contributed by atoms with Crippen molar-refractivity contribution in [3.05, 3.63) is 48.3 Å². The molecule has 0 radical (unpaired) electrons. The summed E-state index contributed by atoms with van der Waals surface area (Å²) in [4.78, 5) is 31.0. The van der Waals surface area contributed by atoms with Gasteiger partial charge in [-0.3, -0.25) is 14.5 Å². The molecule has 0 aromatic carbocycles. The average Bonchev–Trinajstić information content (AvgIpc) is 3.39. The summed E-state index contributed by atoms with van der Waals surface area (Å²) in [6, 6.07) is 5.12. The van der Waals surface area contributed by atoms with Gasteiger partial charge in [0.15, 0.2) is 5.76 Å². The molecule has 8 nitrogen and oxygen atoms in total. The molecule has 2 aliphatic rings. The minimum atomic E-state index is -0.0577. The van der Waals surface area contributed by atoms with Crippen molar-refractivity contribution in [3.8, 4) is 0 Å². The molecule has 0 aliphatic carbocycles. The van der Waals surface area contributed by atoms with E-state index in [4.69, 9.17) is 13.6 Å². The number of carbonyl (C=O) groups is 2. The van der Waals surface area contributed by atoms with Gasteiger partial charge in [0.2, 0.25) is 0 Å². The van der Waals surface area contributed by atoms with Crippen LogP contribution in [-0.2, 0) is 4.74 Å². The topological polar surface area (TPSA) is 79.4 Å². The SMILES string of the molecule is O=C(c1ccoc1)N1CCO[C@H](CN2CCCN(C(=O)c3ccco3)CC2)C1. The Morgan fingerprint density at radius 2 is 1.93 bits per heavy atom. The highest BCUT2D eigenvalue weighted by Crippen LogP contribution is 2.14. The number of furan rings is 2. The number of amides is 2. The lowest BCUT2D eigenvalue weighted by atomic mass is 10.2. The zero-order valence-electron chi connectivity index (χ0n) is 15.8. The predicted molar refractivity (Wildman–Crippen MR) is 100 cm³/mol. The second-order valence-corrected chi connectivity index (χ2v) is 7.18. The molecule has 150 valence electrons. The first-order chi connectivity index (χ1) is 13.7. The number of carbonyl (C=O) groups excluding carboxylic acids is 2. The van der Waals surface area contributed by atoms with Gasteiger partial charge in [-0.2, -0.15) is 0 Å². The molecule has 0 N–H and O–H groups in total. The van der Waals surface area contributed by atoms with Gasteiger partial charge in [-0.25, -0.2) is 0 Å². The third-order valence-electron chi connectivity index (χ3n) is 5.26. The van der Waals surface area contributed by atoms with Crippen LogP contribution in [0.15, 0.2) is 45.8 Å². The van der Waals surface area contributed by atoms with Crippen LogP contribution >= 0.6 is 0 Å². The second-order valence-electron chi connectivity index (χ2n) is 7.18. The zero-order valence-corrected chi connectivity index (χ0v) is 15.8. The van der Waals surface area contributed by atoms with Crippen molar-refractivity contribution in [2.24, 2.45) is 0 Å². The van der Waals surface area contributed by atoms with E-state index in [0.29, 0.717) is 44.1 Å². The summed E-state index contributed by atoms with van der Waals surface area (Å²) in [6.45, 7) is 5.49. The highest BCUT2D eigenvalue weighted by Gasteiger charge is 2.28. The van der Waals surface area contributed by atoms with Crippen LogP contribution in [0.2, 0.25) is 0 Å². The maximum atomic E-state index is 12.5. The molecule has 2 aliphatic heterocycles. The fourth-order valence-corrected chi connectivity index (χ4v) is 3.78. The van der Waals surface area contributed by atoms with Gasteiger partial charge in [-0.1, -0.05) is 0 Å². The van der Waals surface area contributed by atoms with Crippen molar-refractivity contribution < 1.29 is 23.2 Å². The van der Waals surface area contributed by atoms with Crippen LogP contribution in [0.1, 0.15) is 27.3 Å². The maximum absolute atomic E-state index is 12.5. The van der Waals surface area contributed by atoms with Gasteiger partial charge in [-0.15, -0.1) is 0 Å². The maximum Gasteiger partial charge on any atom is 0.289 e. The summed E-state index contributed by atoms with van der Waals surface area (Å²) in [5, 5.41) is 0. The van der Waals surface area contributed by atoms with Crippen molar-refractivity contribution >= 4 is 11.8 Å². The van der Waals surface area contributed by atoms with Crippen LogP contribution in [0.5, 0.6) is 0 Å². The van der Waals surface area contributed by atoms with Crippen LogP contribution in [0.3, 0.4) is 0 Å². The molecule has 28 heavy (non-hydrogen) atoms. The van der Waals surface area contributed by atoms with E-state index >= 15 is 0 Å². The lowest BCUT2D eigenvalue weighted by molar-refractivity contribution is -0.0353. The minimum absolute atomic E-state index is 0.0202. The summed E-state index contributed by atoms with van der Waals surface area (Å²) < 4.78 is 16.2. The van der Waals surface area contributed by atoms with Crippen LogP contribution in [0, 0.1) is 0 Å². The largest absolute Gasteiger partial charge is 0.472 e. The highest BCUT2D eigenvalue weighted by atomic mass is 16.5. The molecule has 1 atom stereocenters. The smallest absolute Gasteiger partial charge is 0.289 e. The first kappa shape index (κ1) is 18.8. The molecule has 4 heterocycles. The van der Waals surface area contributed by atoms with Crippen molar-refractivity contribution in [1.82, 2.24) is 14.7 Å². The highest BCUT2D eigenvalue weighted by molar-refractivity contribution is 5.94. The Kier molecular flexibility index (Phi) is 5.78. The van der Waals surface area contributed by atoms with Gasteiger partial charge in [0, 0.05) is 39.3 Å². The quantitative estimate of drug-likeness (QED) is 0.792. The van der Waals surface area contributed by atoms with Crippen LogP contribution in [0.4, 0.5) is 0 Å². The second kappa shape index (κ2) is 8.62. The minimum Gasteiger partial charge on any atom is -0.472 e. The first-order valence-corrected chi connectivity index (χ1v) is 9.69. The van der Waals surface area contributed by atoms with Gasteiger partial charge in [0.05, 0.1) is 30.8 Å². The third kappa shape index (κ3) is 4.28. The fourth-order valence-electron chi connectivity index (χ4n) is 3.78. The molecular formula is C20H25N3O5. The van der Waals surface area contributed by atoms with Crippen LogP contribution < -0.4 is 0 Å². The Morgan fingerprint density at radius 3 is 2.71 bits per heavy atom. The van der Waals surface area contributed by atoms with E-state index in [0.717, 1.165) is 26.1 Å². The molecule has 2 fully saturated rings. The molecular weight excluding hydrogens is 362 g/mol. The molecule has 4 rings (SSSR count). The van der Waals surface area contributed by atoms with Crippen molar-refractivity contribution in [2.75, 3.05) is 52.4 Å². The Hall–Kier alpha value is -2.58. The molecule has 0 unspecified atom stereocenters. The molecule has 2 amide bonds. The number of rotatable bonds is 4. The van der Waals surface area contributed by atoms with E-state index in [1.165, 1.54) is 18.8 Å². The molecule has 0 bridgehead atoms. The number of nitrogens with zero attached hydrogens (tertiary/aromatic N) is 3. The lowest BCUT2D eigenvalue weighted by Crippen LogP contribution is -2.50. The molecule has 2 aromatic rings. The summed E-state index contributed by atoms with van der Waals surface area (Å²) in [5.41, 5.74) is 0.572. The molecule has 0 spiro atoms. The monoisotopic (exact) mass is 387 g/mol. The summed E-state index contributed by atoms with van der Waals surface area (Å²) >= 11 is 0. The predicted octanol–water partition coefficient (Wildman–Crippen LogP) is 1.56. The first-order valence-electron chi connectivity index (χ1n) is 9.69. The Labute approximate surface area is 163 Å². The van der Waals surface area contributed by atoms with E-state index in [1.54, 1.807) is 18.2 Å². The lowest BCUT2D eigenvalue weighted by Gasteiger charge is -2.35. The van der Waals surface area contributed by atoms with E-state index in [9.17, 15) is 9.59 Å². The average molecular weight is 387 g/mol. The molecule has 8 heteroatoms. The fraction of sp³-hybridized carbons (Fsp3) is 0.500. The van der Waals surface area contributed by atoms with Gasteiger partial charge >= 0.3 is 0 Å². The van der Waals surface area contributed by atoms with Crippen molar-refractivity contribution in [2.45, 2.75) is 12.5 Å². The summed E-state index contributed by atoms with van der Waals surface area (Å²) in [7, 11) is 0.